The smallest absolute Gasteiger partial charge is 0.269 e. The zero-order valence-corrected chi connectivity index (χ0v) is 12.3. The number of hydrogen-bond acceptors (Lipinski definition) is 4. The van der Waals surface area contributed by atoms with Gasteiger partial charge in [-0.1, -0.05) is 17.7 Å². The maximum absolute atomic E-state index is 12.0. The minimum atomic E-state index is -0.142. The molecule has 5 nitrogen and oxygen atoms in total. The first kappa shape index (κ1) is 14.4. The second-order valence-corrected chi connectivity index (χ2v) is 4.99. The lowest BCUT2D eigenvalue weighted by Crippen LogP contribution is -2.26. The number of nitrogens with two attached hydrogens (primary N) is 1. The van der Waals surface area contributed by atoms with Crippen molar-refractivity contribution in [3.8, 4) is 0 Å². The second-order valence-electron chi connectivity index (χ2n) is 4.58. The van der Waals surface area contributed by atoms with Crippen LogP contribution < -0.4 is 16.2 Å². The fraction of sp³-hybridized carbons (Fsp3) is 0.286. The molecule has 1 aromatic carbocycles. The fourth-order valence-corrected chi connectivity index (χ4v) is 1.92. The van der Waals surface area contributed by atoms with E-state index in [0.717, 1.165) is 17.8 Å². The van der Waals surface area contributed by atoms with Gasteiger partial charge in [-0.2, -0.15) is 5.10 Å². The van der Waals surface area contributed by atoms with Gasteiger partial charge in [-0.15, -0.1) is 0 Å². The molecule has 0 aliphatic rings. The van der Waals surface area contributed by atoms with Crippen LogP contribution in [0.3, 0.4) is 0 Å². The Hall–Kier alpha value is -2.01. The maximum Gasteiger partial charge on any atom is 0.269 e. The van der Waals surface area contributed by atoms with E-state index in [0.29, 0.717) is 17.3 Å². The molecular formula is C14H17ClN4O. The van der Waals surface area contributed by atoms with E-state index in [1.54, 1.807) is 24.4 Å². The summed E-state index contributed by atoms with van der Waals surface area (Å²) in [5.41, 5.74) is 7.80. The molecule has 0 saturated carbocycles. The highest BCUT2D eigenvalue weighted by Gasteiger charge is 2.05. The predicted octanol–water partition coefficient (Wildman–Crippen LogP) is 1.98. The van der Waals surface area contributed by atoms with Crippen molar-refractivity contribution in [3.63, 3.8) is 0 Å². The summed E-state index contributed by atoms with van der Waals surface area (Å²) in [5, 5.41) is 4.69. The van der Waals surface area contributed by atoms with E-state index in [1.165, 1.54) is 4.68 Å². The molecule has 1 aromatic heterocycles. The summed E-state index contributed by atoms with van der Waals surface area (Å²) in [5.74, 6) is 0. The van der Waals surface area contributed by atoms with Crippen LogP contribution in [-0.4, -0.2) is 23.4 Å². The molecule has 0 atom stereocenters. The average molecular weight is 293 g/mol. The lowest BCUT2D eigenvalue weighted by Gasteiger charge is -2.16. The molecule has 0 aliphatic carbocycles. The number of aromatic nitrogens is 2. The molecule has 6 heteroatoms. The topological polar surface area (TPSA) is 64.2 Å². The molecule has 2 N–H and O–H groups in total. The number of benzene rings is 1. The van der Waals surface area contributed by atoms with Crippen LogP contribution in [0, 0.1) is 0 Å². The summed E-state index contributed by atoms with van der Waals surface area (Å²) in [7, 11) is 1.92. The average Bonchev–Trinajstić information content (AvgIpc) is 2.44. The number of halogens is 1. The van der Waals surface area contributed by atoms with E-state index in [1.807, 2.05) is 24.9 Å². The molecule has 106 valence electrons. The standard InChI is InChI=1S/C14H17ClN4O/c1-3-18(2)11-7-14(20)19(17-8-11)9-10-4-5-12(15)13(16)6-10/h4-8H,3,9,16H2,1-2H3. The highest BCUT2D eigenvalue weighted by atomic mass is 35.5. The summed E-state index contributed by atoms with van der Waals surface area (Å²) < 4.78 is 1.40. The molecule has 20 heavy (non-hydrogen) atoms. The predicted molar refractivity (Wildman–Crippen MR) is 82.4 cm³/mol. The van der Waals surface area contributed by atoms with Gasteiger partial charge in [-0.3, -0.25) is 4.79 Å². The SMILES string of the molecule is CCN(C)c1cnn(Cc2ccc(Cl)c(N)c2)c(=O)c1. The van der Waals surface area contributed by atoms with E-state index < -0.39 is 0 Å². The van der Waals surface area contributed by atoms with Crippen molar-refractivity contribution in [1.29, 1.82) is 0 Å². The third-order valence-corrected chi connectivity index (χ3v) is 3.51. The minimum Gasteiger partial charge on any atom is -0.398 e. The molecule has 0 bridgehead atoms. The van der Waals surface area contributed by atoms with Crippen LogP contribution in [-0.2, 0) is 6.54 Å². The molecule has 0 saturated heterocycles. The van der Waals surface area contributed by atoms with E-state index >= 15 is 0 Å². The summed E-state index contributed by atoms with van der Waals surface area (Å²) in [6, 6.07) is 6.88. The summed E-state index contributed by atoms with van der Waals surface area (Å²) in [6.45, 7) is 3.21. The van der Waals surface area contributed by atoms with Crippen LogP contribution in [0.15, 0.2) is 35.3 Å². The quantitative estimate of drug-likeness (QED) is 0.875. The van der Waals surface area contributed by atoms with Crippen LogP contribution in [0.4, 0.5) is 11.4 Å². The molecule has 0 amide bonds. The highest BCUT2D eigenvalue weighted by Crippen LogP contribution is 2.19. The molecule has 2 rings (SSSR count). The third-order valence-electron chi connectivity index (χ3n) is 3.16. The number of nitrogens with zero attached hydrogens (tertiary/aromatic N) is 3. The number of anilines is 2. The maximum atomic E-state index is 12.0. The van der Waals surface area contributed by atoms with Gasteiger partial charge in [0.15, 0.2) is 0 Å². The molecular weight excluding hydrogens is 276 g/mol. The van der Waals surface area contributed by atoms with Crippen LogP contribution in [0.1, 0.15) is 12.5 Å². The Morgan fingerprint density at radius 1 is 1.40 bits per heavy atom. The Morgan fingerprint density at radius 3 is 2.75 bits per heavy atom. The number of nitrogen functional groups attached to an aromatic ring is 1. The van der Waals surface area contributed by atoms with Gasteiger partial charge in [0.1, 0.15) is 0 Å². The Morgan fingerprint density at radius 2 is 2.15 bits per heavy atom. The van der Waals surface area contributed by atoms with Gasteiger partial charge < -0.3 is 10.6 Å². The molecule has 0 fully saturated rings. The Labute approximate surface area is 122 Å². The van der Waals surface area contributed by atoms with Crippen molar-refractivity contribution in [2.45, 2.75) is 13.5 Å². The monoisotopic (exact) mass is 292 g/mol. The number of hydrogen-bond donors (Lipinski definition) is 1. The Bertz CT molecular complexity index is 668. The van der Waals surface area contributed by atoms with E-state index in [2.05, 4.69) is 5.10 Å². The van der Waals surface area contributed by atoms with Gasteiger partial charge in [-0.25, -0.2) is 4.68 Å². The third kappa shape index (κ3) is 3.11. The zero-order valence-electron chi connectivity index (χ0n) is 11.5. The molecule has 0 spiro atoms. The van der Waals surface area contributed by atoms with Crippen molar-refractivity contribution < 1.29 is 0 Å². The summed E-state index contributed by atoms with van der Waals surface area (Å²) in [4.78, 5) is 14.0. The molecule has 2 aromatic rings. The van der Waals surface area contributed by atoms with Crippen LogP contribution in [0.2, 0.25) is 5.02 Å². The van der Waals surface area contributed by atoms with Crippen LogP contribution in [0.5, 0.6) is 0 Å². The van der Waals surface area contributed by atoms with Crippen molar-refractivity contribution in [3.05, 3.63) is 51.4 Å². The van der Waals surface area contributed by atoms with Crippen LogP contribution in [0.25, 0.3) is 0 Å². The lowest BCUT2D eigenvalue weighted by molar-refractivity contribution is 0.637. The van der Waals surface area contributed by atoms with E-state index in [4.69, 9.17) is 17.3 Å². The van der Waals surface area contributed by atoms with E-state index in [9.17, 15) is 4.79 Å². The van der Waals surface area contributed by atoms with Crippen molar-refractivity contribution in [2.75, 3.05) is 24.2 Å². The lowest BCUT2D eigenvalue weighted by atomic mass is 10.2. The van der Waals surface area contributed by atoms with Gasteiger partial charge in [-0.05, 0) is 24.6 Å². The van der Waals surface area contributed by atoms with Gasteiger partial charge in [0, 0.05) is 19.7 Å². The largest absolute Gasteiger partial charge is 0.398 e. The number of rotatable bonds is 4. The van der Waals surface area contributed by atoms with Gasteiger partial charge in [0.2, 0.25) is 0 Å². The minimum absolute atomic E-state index is 0.142. The van der Waals surface area contributed by atoms with Gasteiger partial charge in [0.25, 0.3) is 5.56 Å². The van der Waals surface area contributed by atoms with Gasteiger partial charge in [0.05, 0.1) is 29.1 Å². The Kier molecular flexibility index (Phi) is 4.29. The highest BCUT2D eigenvalue weighted by molar-refractivity contribution is 6.33. The van der Waals surface area contributed by atoms with Crippen molar-refractivity contribution in [2.24, 2.45) is 0 Å². The first-order valence-electron chi connectivity index (χ1n) is 6.33. The summed E-state index contributed by atoms with van der Waals surface area (Å²) in [6.07, 6.45) is 1.68. The summed E-state index contributed by atoms with van der Waals surface area (Å²) >= 11 is 5.87. The molecule has 0 radical (unpaired) electrons. The zero-order chi connectivity index (χ0) is 14.7. The first-order valence-corrected chi connectivity index (χ1v) is 6.71. The second kappa shape index (κ2) is 5.96. The molecule has 0 aliphatic heterocycles. The normalized spacial score (nSPS) is 10.6. The Balaban J connectivity index is 2.25. The fourth-order valence-electron chi connectivity index (χ4n) is 1.80. The van der Waals surface area contributed by atoms with E-state index in [-0.39, 0.29) is 5.56 Å². The van der Waals surface area contributed by atoms with Crippen molar-refractivity contribution >= 4 is 23.0 Å². The van der Waals surface area contributed by atoms with Crippen molar-refractivity contribution in [1.82, 2.24) is 9.78 Å². The van der Waals surface area contributed by atoms with Crippen LogP contribution >= 0.6 is 11.6 Å². The first-order chi connectivity index (χ1) is 9.51. The molecule has 0 unspecified atom stereocenters. The molecule has 1 heterocycles. The van der Waals surface area contributed by atoms with Gasteiger partial charge >= 0.3 is 0 Å².